The summed E-state index contributed by atoms with van der Waals surface area (Å²) in [5, 5.41) is 4.90. The highest BCUT2D eigenvalue weighted by atomic mass is 32.1. The molecule has 0 spiro atoms. The molecule has 0 aliphatic carbocycles. The van der Waals surface area contributed by atoms with E-state index in [9.17, 15) is 14.4 Å². The van der Waals surface area contributed by atoms with E-state index in [0.717, 1.165) is 0 Å². The van der Waals surface area contributed by atoms with Crippen LogP contribution in [0.5, 0.6) is 0 Å². The molecule has 3 N–H and O–H groups in total. The number of primary amides is 1. The van der Waals surface area contributed by atoms with Gasteiger partial charge in [0.1, 0.15) is 0 Å². The lowest BCUT2D eigenvalue weighted by Gasteiger charge is -2.14. The molecule has 1 aliphatic rings. The van der Waals surface area contributed by atoms with Crippen LogP contribution in [-0.2, 0) is 14.4 Å². The summed E-state index contributed by atoms with van der Waals surface area (Å²) >= 11 is 1.32. The van der Waals surface area contributed by atoms with Gasteiger partial charge in [0.25, 0.3) is 0 Å². The van der Waals surface area contributed by atoms with Crippen molar-refractivity contribution in [1.29, 1.82) is 0 Å². The molecule has 1 aliphatic heterocycles. The van der Waals surface area contributed by atoms with Crippen molar-refractivity contribution >= 4 is 34.2 Å². The largest absolute Gasteiger partial charge is 0.368 e. The molecule has 0 bridgehead atoms. The highest BCUT2D eigenvalue weighted by molar-refractivity contribution is 7.13. The van der Waals surface area contributed by atoms with Crippen molar-refractivity contribution in [3.8, 4) is 0 Å². The number of anilines is 1. The van der Waals surface area contributed by atoms with Crippen LogP contribution in [-0.4, -0.2) is 40.7 Å². The van der Waals surface area contributed by atoms with Gasteiger partial charge in [0.05, 0.1) is 6.54 Å². The number of hydrogen-bond donors (Lipinski definition) is 2. The van der Waals surface area contributed by atoms with Crippen LogP contribution >= 0.6 is 11.3 Å². The maximum absolute atomic E-state index is 11.9. The molecule has 2 rings (SSSR count). The van der Waals surface area contributed by atoms with Crippen LogP contribution in [0.25, 0.3) is 0 Å². The van der Waals surface area contributed by atoms with Crippen molar-refractivity contribution < 1.29 is 14.4 Å². The molecule has 1 unspecified atom stereocenters. The summed E-state index contributed by atoms with van der Waals surface area (Å²) in [5.41, 5.74) is 5.05. The Balaban J connectivity index is 1.85. The first-order valence-corrected chi connectivity index (χ1v) is 6.70. The average Bonchev–Trinajstić information content (AvgIpc) is 2.93. The lowest BCUT2D eigenvalue weighted by Crippen LogP contribution is -2.36. The predicted octanol–water partition coefficient (Wildman–Crippen LogP) is -0.195. The Bertz CT molecular complexity index is 488. The van der Waals surface area contributed by atoms with E-state index < -0.39 is 5.91 Å². The topological polar surface area (TPSA) is 105 Å². The van der Waals surface area contributed by atoms with Gasteiger partial charge in [-0.3, -0.25) is 14.4 Å². The van der Waals surface area contributed by atoms with Crippen LogP contribution in [0.2, 0.25) is 0 Å². The fourth-order valence-corrected chi connectivity index (χ4v) is 2.56. The molecule has 102 valence electrons. The molecule has 1 aromatic heterocycles. The number of carbonyl (C=O) groups is 3. The van der Waals surface area contributed by atoms with Gasteiger partial charge in [-0.2, -0.15) is 0 Å². The second-order valence-corrected chi connectivity index (χ2v) is 5.20. The van der Waals surface area contributed by atoms with Crippen molar-refractivity contribution in [3.63, 3.8) is 0 Å². The smallest absolute Gasteiger partial charge is 0.237 e. The summed E-state index contributed by atoms with van der Waals surface area (Å²) < 4.78 is 0. The third kappa shape index (κ3) is 3.50. The summed E-state index contributed by atoms with van der Waals surface area (Å²) in [5.74, 6) is -1.34. The number of hydrogen-bond acceptors (Lipinski definition) is 5. The SMILES string of the molecule is NC(=O)CN1CCC(CC(=O)Nc2nccs2)C1=O. The fourth-order valence-electron chi connectivity index (χ4n) is 2.02. The Morgan fingerprint density at radius 2 is 2.37 bits per heavy atom. The Labute approximate surface area is 113 Å². The van der Waals surface area contributed by atoms with Crippen molar-refractivity contribution in [3.05, 3.63) is 11.6 Å². The predicted molar refractivity (Wildman–Crippen MR) is 69.2 cm³/mol. The maximum atomic E-state index is 11.9. The van der Waals surface area contributed by atoms with Crippen LogP contribution in [0.15, 0.2) is 11.6 Å². The summed E-state index contributed by atoms with van der Waals surface area (Å²) in [6.45, 7) is 0.389. The highest BCUT2D eigenvalue weighted by Crippen LogP contribution is 2.22. The molecular weight excluding hydrogens is 268 g/mol. The first-order valence-electron chi connectivity index (χ1n) is 5.82. The summed E-state index contributed by atoms with van der Waals surface area (Å²) in [6, 6.07) is 0. The normalized spacial score (nSPS) is 18.6. The number of nitrogens with one attached hydrogen (secondary N) is 1. The number of thiazole rings is 1. The molecule has 1 aromatic rings. The van der Waals surface area contributed by atoms with Crippen LogP contribution in [0, 0.1) is 5.92 Å². The van der Waals surface area contributed by atoms with Gasteiger partial charge in [0.15, 0.2) is 5.13 Å². The van der Waals surface area contributed by atoms with Crippen LogP contribution in [0.3, 0.4) is 0 Å². The van der Waals surface area contributed by atoms with E-state index in [1.54, 1.807) is 11.6 Å². The number of carbonyl (C=O) groups excluding carboxylic acids is 3. The standard InChI is InChI=1S/C11H14N4O3S/c12-8(16)6-15-3-1-7(10(15)18)5-9(17)14-11-13-2-4-19-11/h2,4,7H,1,3,5-6H2,(H2,12,16)(H,13,14,17). The number of nitrogens with two attached hydrogens (primary N) is 1. The van der Waals surface area contributed by atoms with Gasteiger partial charge in [0, 0.05) is 30.5 Å². The lowest BCUT2D eigenvalue weighted by molar-refractivity contribution is -0.135. The highest BCUT2D eigenvalue weighted by Gasteiger charge is 2.33. The van der Waals surface area contributed by atoms with Crippen LogP contribution in [0.1, 0.15) is 12.8 Å². The van der Waals surface area contributed by atoms with Crippen molar-refractivity contribution in [1.82, 2.24) is 9.88 Å². The molecule has 0 radical (unpaired) electrons. The van der Waals surface area contributed by atoms with E-state index in [1.165, 1.54) is 16.2 Å². The van der Waals surface area contributed by atoms with Gasteiger partial charge in [-0.15, -0.1) is 11.3 Å². The molecule has 1 saturated heterocycles. The lowest BCUT2D eigenvalue weighted by atomic mass is 10.0. The summed E-state index contributed by atoms with van der Waals surface area (Å²) in [6.07, 6.45) is 2.26. The minimum Gasteiger partial charge on any atom is -0.368 e. The zero-order valence-electron chi connectivity index (χ0n) is 10.2. The van der Waals surface area contributed by atoms with E-state index in [-0.39, 0.29) is 30.7 Å². The second kappa shape index (κ2) is 5.79. The van der Waals surface area contributed by atoms with E-state index in [1.807, 2.05) is 0 Å². The molecule has 0 saturated carbocycles. The van der Waals surface area contributed by atoms with Gasteiger partial charge in [-0.05, 0) is 6.42 Å². The first-order chi connectivity index (χ1) is 9.06. The molecular formula is C11H14N4O3S. The summed E-state index contributed by atoms with van der Waals surface area (Å²) in [4.78, 5) is 39.7. The second-order valence-electron chi connectivity index (χ2n) is 4.30. The monoisotopic (exact) mass is 282 g/mol. The zero-order chi connectivity index (χ0) is 13.8. The Morgan fingerprint density at radius 1 is 1.58 bits per heavy atom. The minimum absolute atomic E-state index is 0.0799. The van der Waals surface area contributed by atoms with Gasteiger partial charge >= 0.3 is 0 Å². The fraction of sp³-hybridized carbons (Fsp3) is 0.455. The molecule has 2 heterocycles. The number of likely N-dealkylation sites (tertiary alicyclic amines) is 1. The number of nitrogens with zero attached hydrogens (tertiary/aromatic N) is 2. The molecule has 1 atom stereocenters. The Hall–Kier alpha value is -1.96. The van der Waals surface area contributed by atoms with Crippen LogP contribution in [0.4, 0.5) is 5.13 Å². The Morgan fingerprint density at radius 3 is 3.00 bits per heavy atom. The van der Waals surface area contributed by atoms with Crippen molar-refractivity contribution in [2.45, 2.75) is 12.8 Å². The van der Waals surface area contributed by atoms with Crippen molar-refractivity contribution in [2.24, 2.45) is 11.7 Å². The van der Waals surface area contributed by atoms with E-state index in [0.29, 0.717) is 18.1 Å². The maximum Gasteiger partial charge on any atom is 0.237 e. The van der Waals surface area contributed by atoms with E-state index >= 15 is 0 Å². The van der Waals surface area contributed by atoms with E-state index in [2.05, 4.69) is 10.3 Å². The molecule has 1 fully saturated rings. The van der Waals surface area contributed by atoms with Gasteiger partial charge in [0.2, 0.25) is 17.7 Å². The number of rotatable bonds is 5. The zero-order valence-corrected chi connectivity index (χ0v) is 11.0. The molecule has 0 aromatic carbocycles. The molecule has 3 amide bonds. The Kier molecular flexibility index (Phi) is 4.10. The number of aromatic nitrogens is 1. The third-order valence-corrected chi connectivity index (χ3v) is 3.55. The minimum atomic E-state index is -0.541. The summed E-state index contributed by atoms with van der Waals surface area (Å²) in [7, 11) is 0. The van der Waals surface area contributed by atoms with Gasteiger partial charge in [-0.1, -0.05) is 0 Å². The molecule has 8 heteroatoms. The van der Waals surface area contributed by atoms with E-state index in [4.69, 9.17) is 5.73 Å². The third-order valence-electron chi connectivity index (χ3n) is 2.87. The van der Waals surface area contributed by atoms with Crippen molar-refractivity contribution in [2.75, 3.05) is 18.4 Å². The number of amides is 3. The quantitative estimate of drug-likeness (QED) is 0.780. The van der Waals surface area contributed by atoms with Gasteiger partial charge in [-0.25, -0.2) is 4.98 Å². The van der Waals surface area contributed by atoms with Crippen LogP contribution < -0.4 is 11.1 Å². The first kappa shape index (κ1) is 13.5. The van der Waals surface area contributed by atoms with Gasteiger partial charge < -0.3 is 16.0 Å². The average molecular weight is 282 g/mol. The molecule has 19 heavy (non-hydrogen) atoms. The molecule has 7 nitrogen and oxygen atoms in total.